The van der Waals surface area contributed by atoms with Crippen LogP contribution in [-0.4, -0.2) is 31.1 Å². The van der Waals surface area contributed by atoms with E-state index in [2.05, 4.69) is 10.2 Å². The van der Waals surface area contributed by atoms with Crippen LogP contribution in [0, 0.1) is 11.7 Å². The molecule has 1 aromatic rings. The second-order valence-electron chi connectivity index (χ2n) is 6.43. The van der Waals surface area contributed by atoms with E-state index in [9.17, 15) is 4.39 Å². The molecule has 0 amide bonds. The topological polar surface area (TPSA) is 15.3 Å². The normalized spacial score (nSPS) is 27.6. The lowest BCUT2D eigenvalue weighted by Crippen LogP contribution is -2.37. The van der Waals surface area contributed by atoms with Gasteiger partial charge in [-0.1, -0.05) is 18.0 Å². The molecule has 1 saturated carbocycles. The van der Waals surface area contributed by atoms with Gasteiger partial charge in [0.25, 0.3) is 0 Å². The predicted molar refractivity (Wildman–Crippen MR) is 85.1 cm³/mol. The number of rotatable bonds is 4. The second kappa shape index (κ2) is 6.64. The summed E-state index contributed by atoms with van der Waals surface area (Å²) < 4.78 is 13.8. The number of nitrogens with zero attached hydrogens (tertiary/aromatic N) is 1. The van der Waals surface area contributed by atoms with E-state index in [4.69, 9.17) is 11.6 Å². The van der Waals surface area contributed by atoms with E-state index >= 15 is 0 Å². The highest BCUT2D eigenvalue weighted by atomic mass is 35.5. The lowest BCUT2D eigenvalue weighted by atomic mass is 9.89. The molecule has 0 spiro atoms. The Labute approximate surface area is 131 Å². The van der Waals surface area contributed by atoms with Gasteiger partial charge >= 0.3 is 0 Å². The monoisotopic (exact) mass is 310 g/mol. The Morgan fingerprint density at radius 2 is 2.05 bits per heavy atom. The first-order valence-corrected chi connectivity index (χ1v) is 8.43. The van der Waals surface area contributed by atoms with E-state index in [-0.39, 0.29) is 5.82 Å². The predicted octanol–water partition coefficient (Wildman–Crippen LogP) is 4.00. The van der Waals surface area contributed by atoms with Crippen molar-refractivity contribution in [1.82, 2.24) is 10.2 Å². The Balaban J connectivity index is 1.96. The number of benzene rings is 1. The van der Waals surface area contributed by atoms with Crippen LogP contribution in [0.1, 0.15) is 43.7 Å². The van der Waals surface area contributed by atoms with Gasteiger partial charge < -0.3 is 5.32 Å². The van der Waals surface area contributed by atoms with E-state index in [0.29, 0.717) is 23.0 Å². The van der Waals surface area contributed by atoms with Crippen molar-refractivity contribution < 1.29 is 4.39 Å². The van der Waals surface area contributed by atoms with Gasteiger partial charge in [-0.25, -0.2) is 4.39 Å². The van der Waals surface area contributed by atoms with Crippen LogP contribution in [0.15, 0.2) is 18.2 Å². The van der Waals surface area contributed by atoms with Gasteiger partial charge in [-0.15, -0.1) is 0 Å². The van der Waals surface area contributed by atoms with Crippen LogP contribution in [0.25, 0.3) is 0 Å². The van der Waals surface area contributed by atoms with Crippen LogP contribution in [0.3, 0.4) is 0 Å². The minimum absolute atomic E-state index is 0.222. The molecule has 4 heteroatoms. The average molecular weight is 311 g/mol. The summed E-state index contributed by atoms with van der Waals surface area (Å²) in [5.74, 6) is 0.302. The summed E-state index contributed by atoms with van der Waals surface area (Å²) in [7, 11) is 2.00. The first-order chi connectivity index (χ1) is 10.2. The third kappa shape index (κ3) is 3.58. The third-order valence-corrected chi connectivity index (χ3v) is 4.97. The van der Waals surface area contributed by atoms with E-state index in [1.165, 1.54) is 38.2 Å². The molecule has 2 nitrogen and oxygen atoms in total. The zero-order valence-corrected chi connectivity index (χ0v) is 13.4. The molecule has 3 rings (SSSR count). The van der Waals surface area contributed by atoms with E-state index < -0.39 is 0 Å². The molecule has 0 bridgehead atoms. The summed E-state index contributed by atoms with van der Waals surface area (Å²) in [6, 6.07) is 6.02. The highest BCUT2D eigenvalue weighted by molar-refractivity contribution is 6.30. The van der Waals surface area contributed by atoms with Gasteiger partial charge in [0.1, 0.15) is 5.82 Å². The summed E-state index contributed by atoms with van der Waals surface area (Å²) in [5, 5.41) is 3.83. The molecule has 2 fully saturated rings. The molecule has 1 aromatic carbocycles. The fourth-order valence-electron chi connectivity index (χ4n) is 3.77. The molecule has 1 saturated heterocycles. The maximum Gasteiger partial charge on any atom is 0.125 e. The molecule has 21 heavy (non-hydrogen) atoms. The molecule has 1 heterocycles. The van der Waals surface area contributed by atoms with Crippen LogP contribution >= 0.6 is 11.6 Å². The van der Waals surface area contributed by atoms with Crippen molar-refractivity contribution in [3.05, 3.63) is 34.6 Å². The highest BCUT2D eigenvalue weighted by Crippen LogP contribution is 2.42. The van der Waals surface area contributed by atoms with Crippen molar-refractivity contribution in [1.29, 1.82) is 0 Å². The van der Waals surface area contributed by atoms with Crippen LogP contribution in [-0.2, 0) is 0 Å². The van der Waals surface area contributed by atoms with Gasteiger partial charge in [-0.2, -0.15) is 0 Å². The number of hydrogen-bond donors (Lipinski definition) is 1. The first-order valence-electron chi connectivity index (χ1n) is 8.05. The minimum atomic E-state index is -0.222. The third-order valence-electron chi connectivity index (χ3n) is 4.75. The molecule has 2 atom stereocenters. The fraction of sp³-hybridized carbons (Fsp3) is 0.647. The number of nitrogens with one attached hydrogen (secondary N) is 1. The SMILES string of the molecule is CNCC1CCCCN(C2CC2)C1c1cc(F)cc(Cl)c1. The summed E-state index contributed by atoms with van der Waals surface area (Å²) in [6.45, 7) is 2.10. The van der Waals surface area contributed by atoms with Crippen molar-refractivity contribution in [2.45, 2.75) is 44.2 Å². The molecule has 1 N–H and O–H groups in total. The van der Waals surface area contributed by atoms with Crippen LogP contribution in [0.5, 0.6) is 0 Å². The summed E-state index contributed by atoms with van der Waals surface area (Å²) in [4.78, 5) is 2.61. The standard InChI is InChI=1S/C17H24ClFN2/c1-20-11-12-4-2-3-7-21(16-5-6-16)17(12)13-8-14(18)10-15(19)9-13/h8-10,12,16-17,20H,2-7,11H2,1H3. The van der Waals surface area contributed by atoms with Gasteiger partial charge in [-0.05, 0) is 75.5 Å². The molecule has 0 aromatic heterocycles. The lowest BCUT2D eigenvalue weighted by Gasteiger charge is -2.36. The summed E-state index contributed by atoms with van der Waals surface area (Å²) in [6.07, 6.45) is 6.27. The maximum atomic E-state index is 13.8. The Bertz CT molecular complexity index is 469. The average Bonchev–Trinajstić information content (AvgIpc) is 3.24. The smallest absolute Gasteiger partial charge is 0.125 e. The van der Waals surface area contributed by atoms with E-state index in [1.54, 1.807) is 6.07 Å². The first kappa shape index (κ1) is 15.3. The van der Waals surface area contributed by atoms with Crippen LogP contribution in [0.4, 0.5) is 4.39 Å². The fourth-order valence-corrected chi connectivity index (χ4v) is 4.00. The van der Waals surface area contributed by atoms with Gasteiger partial charge in [0, 0.05) is 17.1 Å². The maximum absolute atomic E-state index is 13.8. The van der Waals surface area contributed by atoms with Crippen LogP contribution < -0.4 is 5.32 Å². The summed E-state index contributed by atoms with van der Waals surface area (Å²) in [5.41, 5.74) is 1.05. The quantitative estimate of drug-likeness (QED) is 0.904. The number of halogens is 2. The minimum Gasteiger partial charge on any atom is -0.319 e. The lowest BCUT2D eigenvalue weighted by molar-refractivity contribution is 0.145. The molecule has 1 aliphatic carbocycles. The number of likely N-dealkylation sites (tertiary alicyclic amines) is 1. The van der Waals surface area contributed by atoms with Crippen molar-refractivity contribution in [2.24, 2.45) is 5.92 Å². The zero-order valence-electron chi connectivity index (χ0n) is 12.6. The Morgan fingerprint density at radius 3 is 2.71 bits per heavy atom. The molecule has 1 aliphatic heterocycles. The van der Waals surface area contributed by atoms with Crippen molar-refractivity contribution >= 4 is 11.6 Å². The Kier molecular flexibility index (Phi) is 4.82. The molecular weight excluding hydrogens is 287 g/mol. The van der Waals surface area contributed by atoms with Crippen LogP contribution in [0.2, 0.25) is 5.02 Å². The zero-order chi connectivity index (χ0) is 14.8. The van der Waals surface area contributed by atoms with Gasteiger partial charge in [-0.3, -0.25) is 4.90 Å². The number of hydrogen-bond acceptors (Lipinski definition) is 2. The highest BCUT2D eigenvalue weighted by Gasteiger charge is 2.39. The molecule has 116 valence electrons. The Hall–Kier alpha value is -0.640. The van der Waals surface area contributed by atoms with Gasteiger partial charge in [0.2, 0.25) is 0 Å². The van der Waals surface area contributed by atoms with E-state index in [1.807, 2.05) is 13.1 Å². The van der Waals surface area contributed by atoms with E-state index in [0.717, 1.165) is 18.7 Å². The van der Waals surface area contributed by atoms with Crippen molar-refractivity contribution in [3.8, 4) is 0 Å². The van der Waals surface area contributed by atoms with Gasteiger partial charge in [0.05, 0.1) is 0 Å². The largest absolute Gasteiger partial charge is 0.319 e. The van der Waals surface area contributed by atoms with Gasteiger partial charge in [0.15, 0.2) is 0 Å². The van der Waals surface area contributed by atoms with Crippen molar-refractivity contribution in [2.75, 3.05) is 20.1 Å². The summed E-state index contributed by atoms with van der Waals surface area (Å²) >= 11 is 6.10. The van der Waals surface area contributed by atoms with Crippen molar-refractivity contribution in [3.63, 3.8) is 0 Å². The molecular formula is C17H24ClFN2. The Morgan fingerprint density at radius 1 is 1.24 bits per heavy atom. The molecule has 2 aliphatic rings. The molecule has 2 unspecified atom stereocenters. The second-order valence-corrected chi connectivity index (χ2v) is 6.87. The molecule has 0 radical (unpaired) electrons.